The molecular weight excluding hydrogens is 241 g/mol. The van der Waals surface area contributed by atoms with Crippen LogP contribution in [0.5, 0.6) is 0 Å². The van der Waals surface area contributed by atoms with Crippen LogP contribution in [0.1, 0.15) is 25.3 Å². The number of hydrogen-bond donors (Lipinski definition) is 1. The fourth-order valence-corrected chi connectivity index (χ4v) is 2.70. The maximum atomic E-state index is 13.3. The van der Waals surface area contributed by atoms with Gasteiger partial charge in [-0.3, -0.25) is 0 Å². The summed E-state index contributed by atoms with van der Waals surface area (Å²) >= 11 is 0. The van der Waals surface area contributed by atoms with E-state index in [1.807, 2.05) is 6.07 Å². The van der Waals surface area contributed by atoms with Crippen molar-refractivity contribution in [1.82, 2.24) is 4.90 Å². The van der Waals surface area contributed by atoms with Gasteiger partial charge in [-0.05, 0) is 57.5 Å². The summed E-state index contributed by atoms with van der Waals surface area (Å²) in [6.45, 7) is 4.40. The zero-order valence-electron chi connectivity index (χ0n) is 11.5. The first-order valence-electron chi connectivity index (χ1n) is 6.75. The van der Waals surface area contributed by atoms with E-state index in [2.05, 4.69) is 24.2 Å². The van der Waals surface area contributed by atoms with Gasteiger partial charge in [-0.1, -0.05) is 0 Å². The quantitative estimate of drug-likeness (QED) is 0.909. The fraction of sp³-hybridized carbons (Fsp3) is 0.533. The number of hydrogen-bond acceptors (Lipinski definition) is 3. The van der Waals surface area contributed by atoms with Gasteiger partial charge in [0.15, 0.2) is 0 Å². The zero-order chi connectivity index (χ0) is 13.8. The van der Waals surface area contributed by atoms with Crippen LogP contribution in [0.15, 0.2) is 18.2 Å². The molecule has 0 saturated carbocycles. The van der Waals surface area contributed by atoms with E-state index < -0.39 is 5.82 Å². The van der Waals surface area contributed by atoms with Crippen molar-refractivity contribution in [3.8, 4) is 6.07 Å². The van der Waals surface area contributed by atoms with E-state index in [4.69, 9.17) is 5.26 Å². The average Bonchev–Trinajstić information content (AvgIpc) is 2.41. The summed E-state index contributed by atoms with van der Waals surface area (Å²) in [7, 11) is 2.14. The van der Waals surface area contributed by atoms with Crippen LogP contribution in [0.3, 0.4) is 0 Å². The summed E-state index contributed by atoms with van der Waals surface area (Å²) in [5.74, 6) is 0.132. The molecule has 1 aromatic rings. The highest BCUT2D eigenvalue weighted by atomic mass is 19.1. The van der Waals surface area contributed by atoms with Gasteiger partial charge in [-0.15, -0.1) is 0 Å². The number of nitrogens with zero attached hydrogens (tertiary/aromatic N) is 2. The second kappa shape index (κ2) is 6.03. The molecule has 2 unspecified atom stereocenters. The summed E-state index contributed by atoms with van der Waals surface area (Å²) in [6, 6.07) is 6.81. The Morgan fingerprint density at radius 1 is 1.53 bits per heavy atom. The van der Waals surface area contributed by atoms with Gasteiger partial charge in [0.05, 0.1) is 5.56 Å². The van der Waals surface area contributed by atoms with Crippen molar-refractivity contribution in [2.24, 2.45) is 5.92 Å². The van der Waals surface area contributed by atoms with Crippen LogP contribution < -0.4 is 5.32 Å². The molecule has 19 heavy (non-hydrogen) atoms. The molecule has 1 N–H and O–H groups in total. The molecule has 1 heterocycles. The van der Waals surface area contributed by atoms with Crippen molar-refractivity contribution in [2.45, 2.75) is 25.8 Å². The van der Waals surface area contributed by atoms with E-state index in [9.17, 15) is 4.39 Å². The first-order valence-corrected chi connectivity index (χ1v) is 6.75. The third-order valence-corrected chi connectivity index (χ3v) is 3.85. The highest BCUT2D eigenvalue weighted by molar-refractivity contribution is 5.50. The smallest absolute Gasteiger partial charge is 0.141 e. The van der Waals surface area contributed by atoms with Crippen LogP contribution >= 0.6 is 0 Å². The van der Waals surface area contributed by atoms with Gasteiger partial charge in [0, 0.05) is 18.3 Å². The molecule has 0 amide bonds. The minimum absolute atomic E-state index is 0.0953. The molecule has 0 aliphatic carbocycles. The lowest BCUT2D eigenvalue weighted by Gasteiger charge is -2.34. The molecule has 1 fully saturated rings. The number of anilines is 1. The normalized spacial score (nSPS) is 21.7. The van der Waals surface area contributed by atoms with Gasteiger partial charge in [0.25, 0.3) is 0 Å². The molecular formula is C15H20FN3. The van der Waals surface area contributed by atoms with Gasteiger partial charge in [-0.2, -0.15) is 5.26 Å². The number of nitriles is 1. The Bertz CT molecular complexity index is 481. The van der Waals surface area contributed by atoms with Gasteiger partial charge >= 0.3 is 0 Å². The first kappa shape index (κ1) is 13.8. The lowest BCUT2D eigenvalue weighted by Crippen LogP contribution is -2.39. The highest BCUT2D eigenvalue weighted by Gasteiger charge is 2.22. The van der Waals surface area contributed by atoms with Crippen molar-refractivity contribution in [2.75, 3.05) is 25.5 Å². The number of likely N-dealkylation sites (tertiary alicyclic amines) is 1. The molecule has 0 radical (unpaired) electrons. The fourth-order valence-electron chi connectivity index (χ4n) is 2.70. The van der Waals surface area contributed by atoms with E-state index in [-0.39, 0.29) is 5.56 Å². The Morgan fingerprint density at radius 3 is 3.00 bits per heavy atom. The summed E-state index contributed by atoms with van der Waals surface area (Å²) in [5, 5.41) is 12.2. The predicted octanol–water partition coefficient (Wildman–Crippen LogP) is 2.84. The molecule has 1 saturated heterocycles. The molecule has 1 aliphatic heterocycles. The summed E-state index contributed by atoms with van der Waals surface area (Å²) < 4.78 is 13.3. The van der Waals surface area contributed by atoms with Crippen LogP contribution in [-0.2, 0) is 0 Å². The van der Waals surface area contributed by atoms with E-state index >= 15 is 0 Å². The van der Waals surface area contributed by atoms with E-state index in [0.29, 0.717) is 12.0 Å². The number of halogens is 1. The first-order chi connectivity index (χ1) is 9.10. The number of benzene rings is 1. The van der Waals surface area contributed by atoms with Gasteiger partial charge in [0.2, 0.25) is 0 Å². The lowest BCUT2D eigenvalue weighted by molar-refractivity contribution is 0.197. The van der Waals surface area contributed by atoms with E-state index in [1.54, 1.807) is 12.1 Å². The third-order valence-electron chi connectivity index (χ3n) is 3.85. The SMILES string of the molecule is CC(Nc1ccc(F)c(C#N)c1)C1CCCN(C)C1. The number of nitrogens with one attached hydrogen (secondary N) is 1. The van der Waals surface area contributed by atoms with Crippen molar-refractivity contribution in [3.05, 3.63) is 29.6 Å². The molecule has 2 atom stereocenters. The molecule has 0 aromatic heterocycles. The van der Waals surface area contributed by atoms with Gasteiger partial charge in [-0.25, -0.2) is 4.39 Å². The van der Waals surface area contributed by atoms with Crippen LogP contribution in [0.25, 0.3) is 0 Å². The monoisotopic (exact) mass is 261 g/mol. The second-order valence-electron chi connectivity index (χ2n) is 5.40. The number of rotatable bonds is 3. The van der Waals surface area contributed by atoms with Crippen molar-refractivity contribution in [1.29, 1.82) is 5.26 Å². The Kier molecular flexibility index (Phi) is 4.39. The topological polar surface area (TPSA) is 39.1 Å². The van der Waals surface area contributed by atoms with Crippen LogP contribution in [-0.4, -0.2) is 31.1 Å². The number of piperidine rings is 1. The average molecular weight is 261 g/mol. The largest absolute Gasteiger partial charge is 0.382 e. The molecule has 2 rings (SSSR count). The standard InChI is InChI=1S/C15H20FN3/c1-11(12-4-3-7-19(2)10-12)18-14-5-6-15(16)13(8-14)9-17/h5-6,8,11-12,18H,3-4,7,10H2,1-2H3. The minimum atomic E-state index is -0.460. The van der Waals surface area contributed by atoms with Crippen LogP contribution in [0.4, 0.5) is 10.1 Å². The molecule has 1 aliphatic rings. The maximum absolute atomic E-state index is 13.3. The Morgan fingerprint density at radius 2 is 2.32 bits per heavy atom. The van der Waals surface area contributed by atoms with E-state index in [1.165, 1.54) is 25.5 Å². The van der Waals surface area contributed by atoms with Crippen molar-refractivity contribution in [3.63, 3.8) is 0 Å². The summed E-state index contributed by atoms with van der Waals surface area (Å²) in [4.78, 5) is 2.34. The lowest BCUT2D eigenvalue weighted by atomic mass is 9.91. The van der Waals surface area contributed by atoms with Gasteiger partial charge in [0.1, 0.15) is 11.9 Å². The zero-order valence-corrected chi connectivity index (χ0v) is 11.5. The molecule has 3 nitrogen and oxygen atoms in total. The maximum Gasteiger partial charge on any atom is 0.141 e. The molecule has 0 bridgehead atoms. The molecule has 102 valence electrons. The van der Waals surface area contributed by atoms with E-state index in [0.717, 1.165) is 12.2 Å². The van der Waals surface area contributed by atoms with Crippen molar-refractivity contribution >= 4 is 5.69 Å². The van der Waals surface area contributed by atoms with Gasteiger partial charge < -0.3 is 10.2 Å². The second-order valence-corrected chi connectivity index (χ2v) is 5.40. The molecule has 4 heteroatoms. The van der Waals surface area contributed by atoms with Crippen LogP contribution in [0, 0.1) is 23.1 Å². The van der Waals surface area contributed by atoms with Crippen molar-refractivity contribution < 1.29 is 4.39 Å². The summed E-state index contributed by atoms with van der Waals surface area (Å²) in [5.41, 5.74) is 0.914. The molecule has 1 aromatic carbocycles. The highest BCUT2D eigenvalue weighted by Crippen LogP contribution is 2.22. The predicted molar refractivity (Wildman–Crippen MR) is 74.4 cm³/mol. The Labute approximate surface area is 114 Å². The van der Waals surface area contributed by atoms with Crippen LogP contribution in [0.2, 0.25) is 0 Å². The Balaban J connectivity index is 2.02. The molecule has 0 spiro atoms. The summed E-state index contributed by atoms with van der Waals surface area (Å²) in [6.07, 6.45) is 2.44. The minimum Gasteiger partial charge on any atom is -0.382 e. The third kappa shape index (κ3) is 3.45. The Hall–Kier alpha value is -1.60.